The highest BCUT2D eigenvalue weighted by Gasteiger charge is 2.20. The number of fused-ring (bicyclic) bond motifs is 1. The average Bonchev–Trinajstić information content (AvgIpc) is 2.46. The minimum Gasteiger partial charge on any atom is -0.384 e. The molecule has 2 heterocycles. The zero-order valence-electron chi connectivity index (χ0n) is 11.6. The van der Waals surface area contributed by atoms with Crippen LogP contribution in [0.5, 0.6) is 0 Å². The van der Waals surface area contributed by atoms with E-state index in [0.717, 1.165) is 36.6 Å². The lowest BCUT2D eigenvalue weighted by Gasteiger charge is -2.31. The molecule has 0 fully saturated rings. The number of anilines is 1. The van der Waals surface area contributed by atoms with Crippen molar-refractivity contribution in [2.45, 2.75) is 19.9 Å². The van der Waals surface area contributed by atoms with Crippen LogP contribution in [0.15, 0.2) is 36.4 Å². The first-order chi connectivity index (χ1) is 9.65. The van der Waals surface area contributed by atoms with E-state index in [-0.39, 0.29) is 5.84 Å². The van der Waals surface area contributed by atoms with Gasteiger partial charge < -0.3 is 10.6 Å². The zero-order chi connectivity index (χ0) is 14.1. The predicted molar refractivity (Wildman–Crippen MR) is 81.2 cm³/mol. The Kier molecular flexibility index (Phi) is 3.14. The molecule has 0 saturated heterocycles. The maximum atomic E-state index is 7.72. The third kappa shape index (κ3) is 2.25. The molecule has 1 aliphatic rings. The van der Waals surface area contributed by atoms with Crippen LogP contribution in [0.2, 0.25) is 0 Å². The number of nitrogens with two attached hydrogens (primary N) is 1. The second-order valence-electron chi connectivity index (χ2n) is 5.18. The number of amidine groups is 1. The summed E-state index contributed by atoms with van der Waals surface area (Å²) < 4.78 is 0. The van der Waals surface area contributed by atoms with E-state index in [4.69, 9.17) is 11.1 Å². The highest BCUT2D eigenvalue weighted by atomic mass is 15.2. The fourth-order valence-electron chi connectivity index (χ4n) is 2.67. The summed E-state index contributed by atoms with van der Waals surface area (Å²) in [4.78, 5) is 6.81. The molecular weight excluding hydrogens is 248 g/mol. The Morgan fingerprint density at radius 3 is 2.70 bits per heavy atom. The Morgan fingerprint density at radius 1 is 1.20 bits per heavy atom. The van der Waals surface area contributed by atoms with Gasteiger partial charge in [0.25, 0.3) is 0 Å². The number of pyridine rings is 1. The van der Waals surface area contributed by atoms with Gasteiger partial charge in [0, 0.05) is 18.8 Å². The van der Waals surface area contributed by atoms with Gasteiger partial charge in [-0.15, -0.1) is 0 Å². The third-order valence-electron chi connectivity index (χ3n) is 3.73. The Hall–Kier alpha value is -2.36. The van der Waals surface area contributed by atoms with Crippen molar-refractivity contribution in [1.29, 1.82) is 5.41 Å². The summed E-state index contributed by atoms with van der Waals surface area (Å²) in [5.41, 5.74) is 10.1. The first kappa shape index (κ1) is 12.7. The number of hydrogen-bond acceptors (Lipinski definition) is 3. The molecule has 4 heteroatoms. The maximum Gasteiger partial charge on any atom is 0.140 e. The van der Waals surface area contributed by atoms with Crippen LogP contribution in [0.1, 0.15) is 22.4 Å². The normalized spacial score (nSPS) is 13.9. The minimum atomic E-state index is 0.0753. The molecule has 1 aromatic heterocycles. The molecule has 0 spiro atoms. The number of nitrogens with one attached hydrogen (secondary N) is 1. The molecule has 1 aliphatic heterocycles. The van der Waals surface area contributed by atoms with Gasteiger partial charge in [-0.05, 0) is 36.6 Å². The summed E-state index contributed by atoms with van der Waals surface area (Å²) in [6.07, 6.45) is 1.00. The van der Waals surface area contributed by atoms with E-state index in [9.17, 15) is 0 Å². The predicted octanol–water partition coefficient (Wildman–Crippen LogP) is 2.24. The highest BCUT2D eigenvalue weighted by molar-refractivity contribution is 5.99. The van der Waals surface area contributed by atoms with Gasteiger partial charge in [0.15, 0.2) is 0 Å². The van der Waals surface area contributed by atoms with Gasteiger partial charge in [-0.25, -0.2) is 4.98 Å². The molecule has 0 bridgehead atoms. The van der Waals surface area contributed by atoms with Crippen LogP contribution in [0.4, 0.5) is 5.82 Å². The summed E-state index contributed by atoms with van der Waals surface area (Å²) in [5, 5.41) is 7.72. The van der Waals surface area contributed by atoms with Crippen molar-refractivity contribution in [2.75, 3.05) is 11.4 Å². The Bertz CT molecular complexity index is 663. The van der Waals surface area contributed by atoms with Gasteiger partial charge in [-0.2, -0.15) is 0 Å². The van der Waals surface area contributed by atoms with Gasteiger partial charge in [0.05, 0.1) is 5.56 Å². The van der Waals surface area contributed by atoms with Crippen LogP contribution >= 0.6 is 0 Å². The molecule has 4 nitrogen and oxygen atoms in total. The lowest BCUT2D eigenvalue weighted by molar-refractivity contribution is 0.718. The molecule has 102 valence electrons. The molecular formula is C16H18N4. The fraction of sp³-hybridized carbons (Fsp3) is 0.250. The number of hydrogen-bond donors (Lipinski definition) is 2. The molecule has 0 saturated carbocycles. The van der Waals surface area contributed by atoms with Crippen LogP contribution in [0.25, 0.3) is 0 Å². The number of nitrogens with zero attached hydrogens (tertiary/aromatic N) is 2. The molecule has 0 amide bonds. The Labute approximate surface area is 118 Å². The van der Waals surface area contributed by atoms with Crippen LogP contribution in [0.3, 0.4) is 0 Å². The van der Waals surface area contributed by atoms with Crippen LogP contribution in [0, 0.1) is 12.3 Å². The smallest absolute Gasteiger partial charge is 0.140 e. The molecule has 20 heavy (non-hydrogen) atoms. The summed E-state index contributed by atoms with van der Waals surface area (Å²) in [6, 6.07) is 12.3. The molecule has 0 aliphatic carbocycles. The quantitative estimate of drug-likeness (QED) is 0.647. The lowest BCUT2D eigenvalue weighted by Crippen LogP contribution is -2.33. The number of nitrogen functional groups attached to an aromatic ring is 1. The van der Waals surface area contributed by atoms with E-state index in [0.29, 0.717) is 0 Å². The van der Waals surface area contributed by atoms with Gasteiger partial charge in [0.1, 0.15) is 11.7 Å². The molecule has 3 rings (SSSR count). The van der Waals surface area contributed by atoms with Crippen LogP contribution in [-0.4, -0.2) is 17.4 Å². The molecule has 1 aromatic carbocycles. The van der Waals surface area contributed by atoms with E-state index >= 15 is 0 Å². The number of aryl methyl sites for hydroxylation is 1. The third-order valence-corrected chi connectivity index (χ3v) is 3.73. The van der Waals surface area contributed by atoms with E-state index in [1.54, 1.807) is 0 Å². The van der Waals surface area contributed by atoms with Crippen molar-refractivity contribution in [3.8, 4) is 0 Å². The lowest BCUT2D eigenvalue weighted by atomic mass is 9.99. The maximum absolute atomic E-state index is 7.72. The zero-order valence-corrected chi connectivity index (χ0v) is 11.6. The minimum absolute atomic E-state index is 0.0753. The van der Waals surface area contributed by atoms with Crippen molar-refractivity contribution in [3.05, 3.63) is 58.8 Å². The SMILES string of the molecule is Cc1ccc(C(=N)N)c(N2CCc3ccccc3C2)n1. The molecule has 0 radical (unpaired) electrons. The summed E-state index contributed by atoms with van der Waals surface area (Å²) in [6.45, 7) is 3.70. The Balaban J connectivity index is 1.99. The van der Waals surface area contributed by atoms with Crippen molar-refractivity contribution < 1.29 is 0 Å². The number of aromatic nitrogens is 1. The van der Waals surface area contributed by atoms with Crippen molar-refractivity contribution in [3.63, 3.8) is 0 Å². The summed E-state index contributed by atoms with van der Waals surface area (Å²) >= 11 is 0. The number of rotatable bonds is 2. The van der Waals surface area contributed by atoms with E-state index in [2.05, 4.69) is 34.1 Å². The highest BCUT2D eigenvalue weighted by Crippen LogP contribution is 2.25. The van der Waals surface area contributed by atoms with Crippen LogP contribution in [-0.2, 0) is 13.0 Å². The second kappa shape index (κ2) is 4.96. The summed E-state index contributed by atoms with van der Waals surface area (Å²) in [5.74, 6) is 0.901. The topological polar surface area (TPSA) is 66.0 Å². The monoisotopic (exact) mass is 266 g/mol. The molecule has 0 atom stereocenters. The van der Waals surface area contributed by atoms with E-state index < -0.39 is 0 Å². The fourth-order valence-corrected chi connectivity index (χ4v) is 2.67. The van der Waals surface area contributed by atoms with E-state index in [1.807, 2.05) is 19.1 Å². The van der Waals surface area contributed by atoms with Gasteiger partial charge in [-0.3, -0.25) is 5.41 Å². The second-order valence-corrected chi connectivity index (χ2v) is 5.18. The van der Waals surface area contributed by atoms with Gasteiger partial charge in [-0.1, -0.05) is 24.3 Å². The van der Waals surface area contributed by atoms with Gasteiger partial charge in [0.2, 0.25) is 0 Å². The van der Waals surface area contributed by atoms with Crippen molar-refractivity contribution in [1.82, 2.24) is 4.98 Å². The molecule has 3 N–H and O–H groups in total. The van der Waals surface area contributed by atoms with E-state index in [1.165, 1.54) is 11.1 Å². The first-order valence-electron chi connectivity index (χ1n) is 6.79. The average molecular weight is 266 g/mol. The van der Waals surface area contributed by atoms with Crippen molar-refractivity contribution in [2.24, 2.45) is 5.73 Å². The molecule has 0 unspecified atom stereocenters. The van der Waals surface area contributed by atoms with Crippen LogP contribution < -0.4 is 10.6 Å². The molecule has 2 aromatic rings. The van der Waals surface area contributed by atoms with Crippen molar-refractivity contribution >= 4 is 11.7 Å². The first-order valence-corrected chi connectivity index (χ1v) is 6.79. The van der Waals surface area contributed by atoms with Gasteiger partial charge >= 0.3 is 0 Å². The standard InChI is InChI=1S/C16H18N4/c1-11-6-7-14(15(17)18)16(19-11)20-9-8-12-4-2-3-5-13(12)10-20/h2-7H,8-10H2,1H3,(H3,17,18). The number of benzene rings is 1. The Morgan fingerprint density at radius 2 is 1.95 bits per heavy atom. The largest absolute Gasteiger partial charge is 0.384 e. The summed E-state index contributed by atoms with van der Waals surface area (Å²) in [7, 11) is 0.